The molecular formula is C19H23NO5S. The molecule has 1 amide bonds. The summed E-state index contributed by atoms with van der Waals surface area (Å²) in [6, 6.07) is 0. The van der Waals surface area contributed by atoms with E-state index in [-0.39, 0.29) is 24.3 Å². The van der Waals surface area contributed by atoms with Gasteiger partial charge >= 0.3 is 11.9 Å². The average molecular weight is 377 g/mol. The van der Waals surface area contributed by atoms with Crippen LogP contribution in [0.25, 0.3) is 0 Å². The zero-order valence-corrected chi connectivity index (χ0v) is 15.9. The monoisotopic (exact) mass is 377 g/mol. The van der Waals surface area contributed by atoms with E-state index in [2.05, 4.69) is 5.32 Å². The molecule has 1 saturated carbocycles. The number of aliphatic carboxylic acids is 1. The second-order valence-electron chi connectivity index (χ2n) is 6.88. The van der Waals surface area contributed by atoms with Crippen LogP contribution in [0.15, 0.2) is 12.2 Å². The summed E-state index contributed by atoms with van der Waals surface area (Å²) in [5.74, 6) is -3.25. The number of ether oxygens (including phenoxy) is 1. The molecule has 2 bridgehead atoms. The predicted molar refractivity (Wildman–Crippen MR) is 98.3 cm³/mol. The Morgan fingerprint density at radius 2 is 1.81 bits per heavy atom. The molecule has 4 rings (SSSR count). The molecule has 3 aliphatic carbocycles. The number of esters is 1. The van der Waals surface area contributed by atoms with Gasteiger partial charge in [-0.1, -0.05) is 12.2 Å². The van der Waals surface area contributed by atoms with Crippen molar-refractivity contribution in [2.24, 2.45) is 23.7 Å². The molecule has 3 aliphatic rings. The number of amides is 1. The molecule has 1 fully saturated rings. The van der Waals surface area contributed by atoms with Crippen LogP contribution in [0.5, 0.6) is 0 Å². The lowest BCUT2D eigenvalue weighted by Crippen LogP contribution is -2.47. The van der Waals surface area contributed by atoms with Crippen LogP contribution in [-0.4, -0.2) is 29.6 Å². The topological polar surface area (TPSA) is 92.7 Å². The lowest BCUT2D eigenvalue weighted by Gasteiger charge is -2.41. The maximum Gasteiger partial charge on any atom is 0.341 e. The number of hydrogen-bond acceptors (Lipinski definition) is 5. The first kappa shape index (κ1) is 18.6. The molecular weight excluding hydrogens is 354 g/mol. The lowest BCUT2D eigenvalue weighted by atomic mass is 9.62. The van der Waals surface area contributed by atoms with Crippen molar-refractivity contribution < 1.29 is 24.2 Å². The number of carbonyl (C=O) groups is 3. The van der Waals surface area contributed by atoms with Gasteiger partial charge in [0.25, 0.3) is 0 Å². The van der Waals surface area contributed by atoms with Gasteiger partial charge in [-0.05, 0) is 51.0 Å². The molecule has 6 nitrogen and oxygen atoms in total. The van der Waals surface area contributed by atoms with E-state index in [0.29, 0.717) is 10.6 Å². The largest absolute Gasteiger partial charge is 0.481 e. The molecule has 1 aromatic rings. The number of rotatable bonds is 5. The molecule has 1 aromatic heterocycles. The Kier molecular flexibility index (Phi) is 5.18. The van der Waals surface area contributed by atoms with Crippen molar-refractivity contribution >= 4 is 34.2 Å². The zero-order chi connectivity index (χ0) is 19.0. The van der Waals surface area contributed by atoms with Crippen molar-refractivity contribution in [1.82, 2.24) is 0 Å². The molecule has 26 heavy (non-hydrogen) atoms. The highest BCUT2D eigenvalue weighted by atomic mass is 32.1. The van der Waals surface area contributed by atoms with E-state index in [1.165, 1.54) is 11.3 Å². The van der Waals surface area contributed by atoms with Gasteiger partial charge in [-0.2, -0.15) is 0 Å². The van der Waals surface area contributed by atoms with E-state index in [1.54, 1.807) is 6.92 Å². The number of aryl methyl sites for hydroxylation is 1. The molecule has 2 N–H and O–H groups in total. The minimum absolute atomic E-state index is 0.0747. The van der Waals surface area contributed by atoms with E-state index in [4.69, 9.17) is 4.74 Å². The highest BCUT2D eigenvalue weighted by molar-refractivity contribution is 7.16. The summed E-state index contributed by atoms with van der Waals surface area (Å²) in [7, 11) is 0. The van der Waals surface area contributed by atoms with Crippen LogP contribution < -0.4 is 5.32 Å². The standard InChI is InChI=1S/C19H23NO5S/c1-4-25-19(24)13-9(2)10(3)26-17(13)20-16(21)14-11-5-7-12(8-6-11)15(14)18(22)23/h5,7,11-12,14-15H,4,6,8H2,1-3H3,(H,20,21)(H,22,23)/t11-,12-,14+,15+/m0/s1. The second kappa shape index (κ2) is 7.23. The van der Waals surface area contributed by atoms with Crippen LogP contribution in [-0.2, 0) is 14.3 Å². The van der Waals surface area contributed by atoms with Gasteiger partial charge in [0.15, 0.2) is 0 Å². The summed E-state index contributed by atoms with van der Waals surface area (Å²) >= 11 is 1.32. The van der Waals surface area contributed by atoms with Gasteiger partial charge in [0, 0.05) is 4.88 Å². The Morgan fingerprint density at radius 3 is 2.35 bits per heavy atom. The Bertz CT molecular complexity index is 781. The fourth-order valence-electron chi connectivity index (χ4n) is 4.05. The number of hydrogen-bond donors (Lipinski definition) is 2. The van der Waals surface area contributed by atoms with E-state index < -0.39 is 23.8 Å². The SMILES string of the molecule is CCOC(=O)c1c(NC(=O)[C@H]2[C@H](C(=O)O)[C@H]3C=C[C@H]2CC3)sc(C)c1C. The van der Waals surface area contributed by atoms with Crippen molar-refractivity contribution in [2.45, 2.75) is 33.6 Å². The van der Waals surface area contributed by atoms with Crippen molar-refractivity contribution in [3.8, 4) is 0 Å². The van der Waals surface area contributed by atoms with Crippen LogP contribution in [0, 0.1) is 37.5 Å². The molecule has 0 radical (unpaired) electrons. The number of allylic oxidation sites excluding steroid dienone is 2. The van der Waals surface area contributed by atoms with Gasteiger partial charge in [0.1, 0.15) is 5.00 Å². The third kappa shape index (κ3) is 3.16. The summed E-state index contributed by atoms with van der Waals surface area (Å²) in [5, 5.41) is 12.9. The number of nitrogens with one attached hydrogen (secondary N) is 1. The molecule has 0 unspecified atom stereocenters. The first-order valence-electron chi connectivity index (χ1n) is 8.84. The van der Waals surface area contributed by atoms with E-state index in [0.717, 1.165) is 23.3 Å². The van der Waals surface area contributed by atoms with Gasteiger partial charge in [-0.3, -0.25) is 9.59 Å². The summed E-state index contributed by atoms with van der Waals surface area (Å²) in [6.07, 6.45) is 5.51. The average Bonchev–Trinajstić information content (AvgIpc) is 2.89. The van der Waals surface area contributed by atoms with Gasteiger partial charge in [0.2, 0.25) is 5.91 Å². The fraction of sp³-hybridized carbons (Fsp3) is 0.526. The van der Waals surface area contributed by atoms with Gasteiger partial charge in [-0.15, -0.1) is 11.3 Å². The molecule has 4 atom stereocenters. The maximum atomic E-state index is 13.0. The number of thiophene rings is 1. The lowest BCUT2D eigenvalue weighted by molar-refractivity contribution is -0.151. The Balaban J connectivity index is 1.88. The fourth-order valence-corrected chi connectivity index (χ4v) is 5.10. The highest BCUT2D eigenvalue weighted by Gasteiger charge is 2.48. The maximum absolute atomic E-state index is 13.0. The quantitative estimate of drug-likeness (QED) is 0.606. The molecule has 140 valence electrons. The van der Waals surface area contributed by atoms with Gasteiger partial charge in [0.05, 0.1) is 24.0 Å². The summed E-state index contributed by atoms with van der Waals surface area (Å²) in [5.41, 5.74) is 1.15. The minimum Gasteiger partial charge on any atom is -0.481 e. The third-order valence-corrected chi connectivity index (χ3v) is 6.56. The van der Waals surface area contributed by atoms with Gasteiger partial charge in [-0.25, -0.2) is 4.79 Å². The molecule has 0 saturated heterocycles. The van der Waals surface area contributed by atoms with E-state index in [9.17, 15) is 19.5 Å². The van der Waals surface area contributed by atoms with Crippen molar-refractivity contribution in [1.29, 1.82) is 0 Å². The Labute approximate surface area is 156 Å². The Hall–Kier alpha value is -2.15. The minimum atomic E-state index is -0.937. The molecule has 7 heteroatoms. The molecule has 0 aliphatic heterocycles. The number of carbonyl (C=O) groups excluding carboxylic acids is 2. The van der Waals surface area contributed by atoms with Crippen LogP contribution in [0.2, 0.25) is 0 Å². The van der Waals surface area contributed by atoms with Crippen molar-refractivity contribution in [3.05, 3.63) is 28.2 Å². The normalized spacial score (nSPS) is 26.6. The number of carboxylic acid groups (broad SMARTS) is 1. The predicted octanol–water partition coefficient (Wildman–Crippen LogP) is 3.39. The summed E-state index contributed by atoms with van der Waals surface area (Å²) in [4.78, 5) is 37.9. The Morgan fingerprint density at radius 1 is 1.19 bits per heavy atom. The van der Waals surface area contributed by atoms with Crippen LogP contribution >= 0.6 is 11.3 Å². The number of anilines is 1. The van der Waals surface area contributed by atoms with Crippen LogP contribution in [0.3, 0.4) is 0 Å². The first-order valence-corrected chi connectivity index (χ1v) is 9.65. The highest BCUT2D eigenvalue weighted by Crippen LogP contribution is 2.46. The van der Waals surface area contributed by atoms with Crippen LogP contribution in [0.1, 0.15) is 40.6 Å². The molecule has 1 heterocycles. The van der Waals surface area contributed by atoms with Crippen molar-refractivity contribution in [3.63, 3.8) is 0 Å². The van der Waals surface area contributed by atoms with Crippen molar-refractivity contribution in [2.75, 3.05) is 11.9 Å². The summed E-state index contributed by atoms with van der Waals surface area (Å²) < 4.78 is 5.11. The van der Waals surface area contributed by atoms with E-state index in [1.807, 2.05) is 26.0 Å². The van der Waals surface area contributed by atoms with Crippen LogP contribution in [0.4, 0.5) is 5.00 Å². The molecule has 0 aromatic carbocycles. The summed E-state index contributed by atoms with van der Waals surface area (Å²) in [6.45, 7) is 5.68. The first-order chi connectivity index (χ1) is 12.3. The van der Waals surface area contributed by atoms with E-state index >= 15 is 0 Å². The number of carboxylic acids is 1. The zero-order valence-electron chi connectivity index (χ0n) is 15.1. The molecule has 0 spiro atoms. The van der Waals surface area contributed by atoms with Gasteiger partial charge < -0.3 is 15.2 Å². The second-order valence-corrected chi connectivity index (χ2v) is 8.10. The number of fused-ring (bicyclic) bond motifs is 2. The third-order valence-electron chi connectivity index (χ3n) is 5.44. The smallest absolute Gasteiger partial charge is 0.341 e.